The molecule has 0 radical (unpaired) electrons. The number of aliphatic imine (C=N–C) groups is 1. The zero-order chi connectivity index (χ0) is 12.4. The molecule has 0 aliphatic rings. The van der Waals surface area contributed by atoms with Gasteiger partial charge in [0.2, 0.25) is 0 Å². The van der Waals surface area contributed by atoms with Gasteiger partial charge in [0.05, 0.1) is 11.7 Å². The lowest BCUT2D eigenvalue weighted by Gasteiger charge is -2.08. The molecule has 0 fully saturated rings. The van der Waals surface area contributed by atoms with E-state index in [-0.39, 0.29) is 5.96 Å². The van der Waals surface area contributed by atoms with E-state index < -0.39 is 12.0 Å². The Hall–Kier alpha value is -2.57. The molecular weight excluding hydrogens is 222 g/mol. The van der Waals surface area contributed by atoms with Crippen LogP contribution < -0.4 is 11.5 Å². The first-order valence-electron chi connectivity index (χ1n) is 4.82. The van der Waals surface area contributed by atoms with E-state index in [0.29, 0.717) is 5.56 Å². The second-order valence-corrected chi connectivity index (χ2v) is 3.51. The second kappa shape index (κ2) is 4.12. The van der Waals surface area contributed by atoms with Crippen molar-refractivity contribution in [3.05, 3.63) is 30.0 Å². The van der Waals surface area contributed by atoms with Gasteiger partial charge in [-0.15, -0.1) is 0 Å². The highest BCUT2D eigenvalue weighted by Gasteiger charge is 2.19. The molecule has 2 rings (SSSR count). The Kier molecular flexibility index (Phi) is 2.65. The summed E-state index contributed by atoms with van der Waals surface area (Å²) in [4.78, 5) is 14.7. The van der Waals surface area contributed by atoms with Crippen LogP contribution in [0.3, 0.4) is 0 Å². The number of aliphatic carboxylic acids is 1. The van der Waals surface area contributed by atoms with Crippen molar-refractivity contribution in [1.29, 1.82) is 0 Å². The Morgan fingerprint density at radius 2 is 2.24 bits per heavy atom. The molecule has 1 heterocycles. The lowest BCUT2D eigenvalue weighted by molar-refractivity contribution is -0.138. The fraction of sp³-hybridized carbons (Fsp3) is 0.100. The fourth-order valence-corrected chi connectivity index (χ4v) is 1.55. The highest BCUT2D eigenvalue weighted by molar-refractivity contribution is 5.85. The van der Waals surface area contributed by atoms with Gasteiger partial charge in [-0.3, -0.25) is 5.10 Å². The average molecular weight is 233 g/mol. The van der Waals surface area contributed by atoms with Crippen LogP contribution in [0.1, 0.15) is 11.6 Å². The van der Waals surface area contributed by atoms with Gasteiger partial charge in [0.1, 0.15) is 0 Å². The maximum Gasteiger partial charge on any atom is 0.333 e. The van der Waals surface area contributed by atoms with Crippen LogP contribution in [0.4, 0.5) is 0 Å². The molecule has 2 aromatic rings. The highest BCUT2D eigenvalue weighted by Crippen LogP contribution is 2.21. The molecule has 0 aliphatic heterocycles. The molecule has 0 aliphatic carbocycles. The van der Waals surface area contributed by atoms with E-state index in [9.17, 15) is 4.79 Å². The van der Waals surface area contributed by atoms with Crippen LogP contribution in [-0.2, 0) is 4.79 Å². The van der Waals surface area contributed by atoms with Gasteiger partial charge >= 0.3 is 5.97 Å². The minimum atomic E-state index is -1.11. The lowest BCUT2D eigenvalue weighted by Crippen LogP contribution is -2.25. The molecule has 1 aromatic carbocycles. The summed E-state index contributed by atoms with van der Waals surface area (Å²) in [7, 11) is 0. The van der Waals surface area contributed by atoms with Gasteiger partial charge in [-0.25, -0.2) is 9.79 Å². The number of fused-ring (bicyclic) bond motifs is 1. The summed E-state index contributed by atoms with van der Waals surface area (Å²) >= 11 is 0. The molecule has 0 spiro atoms. The number of hydrogen-bond acceptors (Lipinski definition) is 3. The first-order chi connectivity index (χ1) is 8.08. The normalized spacial score (nSPS) is 12.2. The van der Waals surface area contributed by atoms with Crippen molar-refractivity contribution < 1.29 is 9.90 Å². The van der Waals surface area contributed by atoms with E-state index in [1.807, 2.05) is 0 Å². The number of aromatic nitrogens is 2. The number of nitrogens with two attached hydrogens (primary N) is 2. The zero-order valence-electron chi connectivity index (χ0n) is 8.79. The van der Waals surface area contributed by atoms with Crippen LogP contribution in [0.2, 0.25) is 0 Å². The number of H-pyrrole nitrogens is 1. The number of aromatic amines is 1. The van der Waals surface area contributed by atoms with Crippen LogP contribution in [0, 0.1) is 0 Å². The van der Waals surface area contributed by atoms with Gasteiger partial charge in [0, 0.05) is 5.39 Å². The maximum absolute atomic E-state index is 11.1. The number of rotatable bonds is 3. The maximum atomic E-state index is 11.1. The summed E-state index contributed by atoms with van der Waals surface area (Å²) in [5.74, 6) is -1.38. The molecule has 0 saturated heterocycles. The van der Waals surface area contributed by atoms with Crippen LogP contribution in [-0.4, -0.2) is 27.2 Å². The Morgan fingerprint density at radius 1 is 1.47 bits per heavy atom. The number of guanidine groups is 1. The summed E-state index contributed by atoms with van der Waals surface area (Å²) in [5, 5.41) is 16.5. The van der Waals surface area contributed by atoms with Gasteiger partial charge in [-0.2, -0.15) is 5.10 Å². The lowest BCUT2D eigenvalue weighted by atomic mass is 10.1. The van der Waals surface area contributed by atoms with Gasteiger partial charge in [0.25, 0.3) is 0 Å². The predicted molar refractivity (Wildman–Crippen MR) is 62.3 cm³/mol. The fourth-order valence-electron chi connectivity index (χ4n) is 1.55. The Balaban J connectivity index is 2.48. The number of carboxylic acid groups (broad SMARTS) is 1. The van der Waals surface area contributed by atoms with Crippen LogP contribution in [0.5, 0.6) is 0 Å². The summed E-state index contributed by atoms with van der Waals surface area (Å²) in [6, 6.07) is 3.97. The molecule has 0 bridgehead atoms. The molecule has 7 heteroatoms. The minimum absolute atomic E-state index is 0.262. The van der Waals surface area contributed by atoms with Gasteiger partial charge in [-0.1, -0.05) is 12.1 Å². The van der Waals surface area contributed by atoms with E-state index in [4.69, 9.17) is 16.6 Å². The van der Waals surface area contributed by atoms with Crippen molar-refractivity contribution in [3.8, 4) is 0 Å². The smallest absolute Gasteiger partial charge is 0.333 e. The van der Waals surface area contributed by atoms with Crippen LogP contribution >= 0.6 is 0 Å². The monoisotopic (exact) mass is 233 g/mol. The zero-order valence-corrected chi connectivity index (χ0v) is 8.79. The standard InChI is InChI=1S/C10H11N5O2/c11-10(12)14-8(9(16)17)5-1-2-6-4-13-15-7(6)3-5/h1-4,8H,(H,13,15)(H,16,17)(H4,11,12,14). The molecule has 1 unspecified atom stereocenters. The molecule has 1 atom stereocenters. The first kappa shape index (κ1) is 10.9. The van der Waals surface area contributed by atoms with Crippen molar-refractivity contribution in [2.75, 3.05) is 0 Å². The van der Waals surface area contributed by atoms with Crippen LogP contribution in [0.25, 0.3) is 10.9 Å². The highest BCUT2D eigenvalue weighted by atomic mass is 16.4. The van der Waals surface area contributed by atoms with Crippen molar-refractivity contribution in [2.24, 2.45) is 16.5 Å². The molecule has 6 N–H and O–H groups in total. The largest absolute Gasteiger partial charge is 0.479 e. The third-order valence-corrected chi connectivity index (χ3v) is 2.29. The molecule has 0 saturated carbocycles. The summed E-state index contributed by atoms with van der Waals surface area (Å²) in [6.07, 6.45) is 1.65. The quantitative estimate of drug-likeness (QED) is 0.436. The van der Waals surface area contributed by atoms with E-state index in [1.54, 1.807) is 24.4 Å². The number of carboxylic acids is 1. The Labute approximate surface area is 96.1 Å². The average Bonchev–Trinajstić information content (AvgIpc) is 2.72. The Bertz CT molecular complexity index is 585. The van der Waals surface area contributed by atoms with Crippen molar-refractivity contribution in [2.45, 2.75) is 6.04 Å². The summed E-state index contributed by atoms with van der Waals surface area (Å²) in [5.41, 5.74) is 11.6. The predicted octanol–water partition coefficient (Wildman–Crippen LogP) is -0.0380. The van der Waals surface area contributed by atoms with E-state index in [2.05, 4.69) is 15.2 Å². The number of carbonyl (C=O) groups is 1. The summed E-state index contributed by atoms with van der Waals surface area (Å²) in [6.45, 7) is 0. The second-order valence-electron chi connectivity index (χ2n) is 3.51. The van der Waals surface area contributed by atoms with Gasteiger partial charge in [0.15, 0.2) is 12.0 Å². The number of hydrogen-bond donors (Lipinski definition) is 4. The molecule has 17 heavy (non-hydrogen) atoms. The molecule has 7 nitrogen and oxygen atoms in total. The van der Waals surface area contributed by atoms with Crippen LogP contribution in [0.15, 0.2) is 29.4 Å². The number of benzene rings is 1. The summed E-state index contributed by atoms with van der Waals surface area (Å²) < 4.78 is 0. The third kappa shape index (κ3) is 2.17. The number of nitrogens with zero attached hydrogens (tertiary/aromatic N) is 2. The molecule has 88 valence electrons. The van der Waals surface area contributed by atoms with Gasteiger partial charge < -0.3 is 16.6 Å². The number of nitrogens with one attached hydrogen (secondary N) is 1. The SMILES string of the molecule is NC(N)=NC(C(=O)O)c1ccc2cn[nH]c2c1. The Morgan fingerprint density at radius 3 is 2.88 bits per heavy atom. The van der Waals surface area contributed by atoms with E-state index in [0.717, 1.165) is 10.9 Å². The third-order valence-electron chi connectivity index (χ3n) is 2.29. The first-order valence-corrected chi connectivity index (χ1v) is 4.82. The van der Waals surface area contributed by atoms with Crippen molar-refractivity contribution >= 4 is 22.8 Å². The molecule has 0 amide bonds. The minimum Gasteiger partial charge on any atom is -0.479 e. The topological polar surface area (TPSA) is 130 Å². The van der Waals surface area contributed by atoms with Crippen molar-refractivity contribution in [1.82, 2.24) is 10.2 Å². The molecular formula is C10H11N5O2. The molecule has 1 aromatic heterocycles. The van der Waals surface area contributed by atoms with Gasteiger partial charge in [-0.05, 0) is 11.6 Å². The van der Waals surface area contributed by atoms with Crippen molar-refractivity contribution in [3.63, 3.8) is 0 Å². The van der Waals surface area contributed by atoms with E-state index >= 15 is 0 Å². The van der Waals surface area contributed by atoms with E-state index in [1.165, 1.54) is 0 Å².